The van der Waals surface area contributed by atoms with Crippen LogP contribution in [0.15, 0.2) is 83.3 Å². The normalized spacial score (nSPS) is 10.3. The molecule has 0 saturated heterocycles. The van der Waals surface area contributed by atoms with Crippen LogP contribution in [-0.2, 0) is 0 Å². The number of anilines is 1. The molecule has 34 heavy (non-hydrogen) atoms. The van der Waals surface area contributed by atoms with Crippen LogP contribution >= 0.6 is 0 Å². The second-order valence-corrected chi connectivity index (χ2v) is 7.84. The van der Waals surface area contributed by atoms with Gasteiger partial charge in [-0.15, -0.1) is 19.4 Å². The highest BCUT2D eigenvalue weighted by Gasteiger charge is 2.04. The van der Waals surface area contributed by atoms with Crippen molar-refractivity contribution in [2.75, 3.05) is 5.32 Å². The summed E-state index contributed by atoms with van der Waals surface area (Å²) in [6, 6.07) is 15.2. The summed E-state index contributed by atoms with van der Waals surface area (Å²) < 4.78 is 5.56. The Morgan fingerprint density at radius 1 is 1.00 bits per heavy atom. The fourth-order valence-corrected chi connectivity index (χ4v) is 2.99. The Balaban J connectivity index is 0.000000553. The van der Waals surface area contributed by atoms with Crippen LogP contribution in [0.2, 0.25) is 0 Å². The number of terminal acetylenes is 1. The van der Waals surface area contributed by atoms with E-state index in [1.165, 1.54) is 24.8 Å². The van der Waals surface area contributed by atoms with E-state index in [1.807, 2.05) is 55.5 Å². The number of fused-ring (bicyclic) bond motifs is 1. The summed E-state index contributed by atoms with van der Waals surface area (Å²) in [5, 5.41) is 4.07. The topological polar surface area (TPSA) is 89.6 Å². The molecule has 0 fully saturated rings. The van der Waals surface area contributed by atoms with Crippen LogP contribution in [0.4, 0.5) is 5.69 Å². The van der Waals surface area contributed by atoms with Gasteiger partial charge in [0, 0.05) is 16.8 Å². The fraction of sp³-hybridized carbons (Fsp3) is 0.207. The lowest BCUT2D eigenvalue weighted by atomic mass is 10.1. The zero-order valence-electron chi connectivity index (χ0n) is 20.5. The molecule has 1 heterocycles. The maximum absolute atomic E-state index is 5.99. The molecule has 0 atom stereocenters. The van der Waals surface area contributed by atoms with Gasteiger partial charge in [0.2, 0.25) is 0 Å². The van der Waals surface area contributed by atoms with Crippen molar-refractivity contribution in [3.05, 3.63) is 90.7 Å². The van der Waals surface area contributed by atoms with Gasteiger partial charge in [0.05, 0.1) is 5.70 Å². The molecular weight excluding hydrogens is 420 g/mol. The van der Waals surface area contributed by atoms with Crippen molar-refractivity contribution in [1.82, 2.24) is 0 Å². The lowest BCUT2D eigenvalue weighted by Gasteiger charge is -2.07. The van der Waals surface area contributed by atoms with E-state index in [4.69, 9.17) is 15.9 Å². The number of aryl methyl sites for hydroxylation is 1. The Kier molecular flexibility index (Phi) is 11.5. The number of nitrogens with one attached hydrogen (secondary N) is 1. The lowest BCUT2D eigenvalue weighted by Crippen LogP contribution is -2.22. The Bertz CT molecular complexity index is 1160. The second-order valence-electron chi connectivity index (χ2n) is 7.84. The Morgan fingerprint density at radius 2 is 1.62 bits per heavy atom. The molecule has 3 aromatic rings. The third-order valence-electron chi connectivity index (χ3n) is 4.71. The highest BCUT2D eigenvalue weighted by atomic mass is 16.3. The minimum atomic E-state index is 0.261. The van der Waals surface area contributed by atoms with Crippen LogP contribution in [0.5, 0.6) is 0 Å². The Labute approximate surface area is 204 Å². The van der Waals surface area contributed by atoms with Crippen molar-refractivity contribution in [2.24, 2.45) is 16.5 Å². The smallest absolute Gasteiger partial charge is 0.198 e. The van der Waals surface area contributed by atoms with Crippen LogP contribution in [0.3, 0.4) is 0 Å². The van der Waals surface area contributed by atoms with Gasteiger partial charge in [-0.25, -0.2) is 4.99 Å². The quantitative estimate of drug-likeness (QED) is 0.153. The molecule has 5 heteroatoms. The summed E-state index contributed by atoms with van der Waals surface area (Å²) in [7, 11) is 0. The number of aliphatic imine (C=N–C) groups is 1. The van der Waals surface area contributed by atoms with Gasteiger partial charge in [0.1, 0.15) is 11.3 Å². The van der Waals surface area contributed by atoms with E-state index >= 15 is 0 Å². The standard InChI is InChI=1S/C20H20N4O.C7H14.C2H2/c1-12-10-17-11-18(8-9-19(17)25-12)24-20(22)23-14(3)16-6-4-15(5-7-16)13(2)21;1-4-5-6-7(2)3;1-2/h4-11H,2-3,21H2,1H3,(H3,22,23,24);2,4-6H2,1,3H3;1-2H. The maximum Gasteiger partial charge on any atom is 0.198 e. The molecule has 0 aliphatic carbocycles. The minimum Gasteiger partial charge on any atom is -0.461 e. The number of rotatable bonds is 7. The molecule has 5 N–H and O–H groups in total. The molecular formula is C29H36N4O. The molecule has 5 nitrogen and oxygen atoms in total. The van der Waals surface area contributed by atoms with E-state index in [1.54, 1.807) is 0 Å². The van der Waals surface area contributed by atoms with Gasteiger partial charge in [-0.3, -0.25) is 0 Å². The molecule has 178 valence electrons. The van der Waals surface area contributed by atoms with Crippen LogP contribution in [-0.4, -0.2) is 5.96 Å². The number of benzene rings is 2. The molecule has 1 aromatic heterocycles. The van der Waals surface area contributed by atoms with E-state index in [0.29, 0.717) is 11.4 Å². The highest BCUT2D eigenvalue weighted by molar-refractivity contribution is 5.97. The number of nitrogens with two attached hydrogens (primary N) is 2. The van der Waals surface area contributed by atoms with Gasteiger partial charge >= 0.3 is 0 Å². The van der Waals surface area contributed by atoms with Gasteiger partial charge in [0.25, 0.3) is 0 Å². The number of hydrogen-bond acceptors (Lipinski definition) is 3. The zero-order valence-corrected chi connectivity index (χ0v) is 20.5. The van der Waals surface area contributed by atoms with Crippen LogP contribution < -0.4 is 16.8 Å². The molecule has 0 aliphatic heterocycles. The van der Waals surface area contributed by atoms with Crippen LogP contribution in [0, 0.1) is 19.8 Å². The van der Waals surface area contributed by atoms with E-state index in [0.717, 1.165) is 33.5 Å². The number of guanidine groups is 1. The third kappa shape index (κ3) is 9.13. The molecule has 0 unspecified atom stereocenters. The predicted molar refractivity (Wildman–Crippen MR) is 149 cm³/mol. The second kappa shape index (κ2) is 14.1. The summed E-state index contributed by atoms with van der Waals surface area (Å²) in [5.41, 5.74) is 17.4. The molecule has 3 rings (SSSR count). The maximum atomic E-state index is 5.99. The zero-order chi connectivity index (χ0) is 25.7. The van der Waals surface area contributed by atoms with Gasteiger partial charge in [0.15, 0.2) is 5.96 Å². The number of furan rings is 1. The van der Waals surface area contributed by atoms with Crippen molar-refractivity contribution in [3.8, 4) is 12.8 Å². The van der Waals surface area contributed by atoms with Crippen molar-refractivity contribution >= 4 is 34.0 Å². The fourth-order valence-electron chi connectivity index (χ4n) is 2.99. The first-order valence-corrected chi connectivity index (χ1v) is 11.0. The summed E-state index contributed by atoms with van der Waals surface area (Å²) in [5.74, 6) is 1.13. The van der Waals surface area contributed by atoms with Gasteiger partial charge in [-0.2, -0.15) is 0 Å². The molecule has 0 amide bonds. The summed E-state index contributed by atoms with van der Waals surface area (Å²) in [6.07, 6.45) is 11.8. The SMILES string of the molecule is C#C.C=C(C)CCCC.C=C(N)c1ccc(C(=C)N=C(N)Nc2ccc3oc(C)cc3c2)cc1. The molecule has 0 radical (unpaired) electrons. The molecule has 0 bridgehead atoms. The highest BCUT2D eigenvalue weighted by Crippen LogP contribution is 2.23. The summed E-state index contributed by atoms with van der Waals surface area (Å²) >= 11 is 0. The molecule has 0 spiro atoms. The molecule has 2 aromatic carbocycles. The average molecular weight is 457 g/mol. The monoisotopic (exact) mass is 456 g/mol. The summed E-state index contributed by atoms with van der Waals surface area (Å²) in [6.45, 7) is 17.7. The van der Waals surface area contributed by atoms with E-state index in [2.05, 4.69) is 56.7 Å². The number of unbranched alkanes of at least 4 members (excludes halogenated alkanes) is 1. The van der Waals surface area contributed by atoms with Crippen molar-refractivity contribution in [2.45, 2.75) is 40.0 Å². The van der Waals surface area contributed by atoms with Crippen molar-refractivity contribution in [3.63, 3.8) is 0 Å². The van der Waals surface area contributed by atoms with Crippen molar-refractivity contribution < 1.29 is 4.42 Å². The van der Waals surface area contributed by atoms with Gasteiger partial charge < -0.3 is 21.2 Å². The van der Waals surface area contributed by atoms with E-state index in [-0.39, 0.29) is 5.96 Å². The molecule has 0 aliphatic rings. The lowest BCUT2D eigenvalue weighted by molar-refractivity contribution is 0.578. The van der Waals surface area contributed by atoms with E-state index < -0.39 is 0 Å². The first kappa shape index (κ1) is 27.9. The third-order valence-corrected chi connectivity index (χ3v) is 4.71. The predicted octanol–water partition coefficient (Wildman–Crippen LogP) is 7.07. The van der Waals surface area contributed by atoms with E-state index in [9.17, 15) is 0 Å². The number of nitrogens with zero attached hydrogens (tertiary/aromatic N) is 1. The number of hydrogen-bond donors (Lipinski definition) is 3. The van der Waals surface area contributed by atoms with Crippen LogP contribution in [0.1, 0.15) is 50.0 Å². The summed E-state index contributed by atoms with van der Waals surface area (Å²) in [4.78, 5) is 4.31. The molecule has 0 saturated carbocycles. The first-order valence-electron chi connectivity index (χ1n) is 11.0. The Hall–Kier alpha value is -4.17. The first-order chi connectivity index (χ1) is 16.2. The largest absolute Gasteiger partial charge is 0.461 e. The van der Waals surface area contributed by atoms with Crippen LogP contribution in [0.25, 0.3) is 22.4 Å². The van der Waals surface area contributed by atoms with Crippen molar-refractivity contribution in [1.29, 1.82) is 0 Å². The average Bonchev–Trinajstić information content (AvgIpc) is 3.18. The minimum absolute atomic E-state index is 0.261. The number of allylic oxidation sites excluding steroid dienone is 1. The van der Waals surface area contributed by atoms with Gasteiger partial charge in [-0.1, -0.05) is 56.3 Å². The van der Waals surface area contributed by atoms with Gasteiger partial charge in [-0.05, 0) is 62.1 Å². The Morgan fingerprint density at radius 3 is 2.15 bits per heavy atom.